The van der Waals surface area contributed by atoms with Crippen molar-refractivity contribution < 1.29 is 35.9 Å². The predicted octanol–water partition coefficient (Wildman–Crippen LogP) is 3.90. The van der Waals surface area contributed by atoms with Crippen LogP contribution in [0, 0.1) is 0 Å². The molecular formula is C30H33F3N6O5S2. The molecule has 1 aliphatic carbocycles. The highest BCUT2D eigenvalue weighted by Crippen LogP contribution is 2.46. The fourth-order valence-corrected chi connectivity index (χ4v) is 9.02. The lowest BCUT2D eigenvalue weighted by atomic mass is 10.1. The lowest BCUT2D eigenvalue weighted by Gasteiger charge is -2.36. The van der Waals surface area contributed by atoms with E-state index < -0.39 is 33.2 Å². The van der Waals surface area contributed by atoms with Gasteiger partial charge in [-0.1, -0.05) is 0 Å². The number of piperazine rings is 1. The fourth-order valence-electron chi connectivity index (χ4n) is 6.11. The number of alkyl halides is 3. The molecule has 2 saturated heterocycles. The summed E-state index contributed by atoms with van der Waals surface area (Å²) in [5.41, 5.74) is 1.17. The maximum atomic E-state index is 14.2. The van der Waals surface area contributed by atoms with Crippen molar-refractivity contribution >= 4 is 44.4 Å². The summed E-state index contributed by atoms with van der Waals surface area (Å²) < 4.78 is 79.6. The number of thiophene rings is 1. The van der Waals surface area contributed by atoms with Crippen LogP contribution in [-0.2, 0) is 25.5 Å². The van der Waals surface area contributed by atoms with E-state index in [0.717, 1.165) is 49.8 Å². The van der Waals surface area contributed by atoms with Gasteiger partial charge in [0.1, 0.15) is 10.4 Å². The van der Waals surface area contributed by atoms with Crippen molar-refractivity contribution in [3.8, 4) is 10.6 Å². The topological polar surface area (TPSA) is 126 Å². The third-order valence-electron chi connectivity index (χ3n) is 8.77. The summed E-state index contributed by atoms with van der Waals surface area (Å²) in [5.74, 6) is -0.621. The van der Waals surface area contributed by atoms with E-state index in [9.17, 15) is 26.4 Å². The average Bonchev–Trinajstić information content (AvgIpc) is 3.75. The van der Waals surface area contributed by atoms with Crippen LogP contribution in [0.1, 0.15) is 39.6 Å². The summed E-state index contributed by atoms with van der Waals surface area (Å²) in [4.78, 5) is 25.0. The van der Waals surface area contributed by atoms with E-state index in [2.05, 4.69) is 31.6 Å². The SMILES string of the molecule is COC[C@@H]1CN(c2ccc(Nc3ncc(C(F)(F)F)c(-c4cc5c(s4)C(=O)N(C4COC4)CCS5(=O)=O)n3)c(C3CC3)c2)CCN1. The monoisotopic (exact) mass is 678 g/mol. The van der Waals surface area contributed by atoms with Crippen molar-refractivity contribution in [2.75, 3.05) is 69.1 Å². The van der Waals surface area contributed by atoms with Crippen LogP contribution in [0.25, 0.3) is 10.6 Å². The second-order valence-corrected chi connectivity index (χ2v) is 15.1. The highest BCUT2D eigenvalue weighted by molar-refractivity contribution is 7.91. The minimum Gasteiger partial charge on any atom is -0.383 e. The van der Waals surface area contributed by atoms with Crippen molar-refractivity contribution in [1.82, 2.24) is 20.2 Å². The Morgan fingerprint density at radius 1 is 1.20 bits per heavy atom. The molecule has 0 radical (unpaired) electrons. The molecule has 1 saturated carbocycles. The van der Waals surface area contributed by atoms with Gasteiger partial charge in [-0.3, -0.25) is 4.79 Å². The molecule has 4 aliphatic rings. The number of sulfone groups is 1. The number of aromatic nitrogens is 2. The summed E-state index contributed by atoms with van der Waals surface area (Å²) in [6, 6.07) is 7.06. The van der Waals surface area contributed by atoms with Crippen LogP contribution in [-0.4, -0.2) is 100 Å². The van der Waals surface area contributed by atoms with E-state index in [4.69, 9.17) is 9.47 Å². The number of hydrogen-bond acceptors (Lipinski definition) is 11. The Morgan fingerprint density at radius 2 is 2.00 bits per heavy atom. The smallest absolute Gasteiger partial charge is 0.383 e. The highest BCUT2D eigenvalue weighted by atomic mass is 32.2. The standard InChI is InChI=1S/C30H33F3N6O5S2/c1-43-14-18-13-38(7-6-34-18)19-4-5-23(21(10-19)17-2-3-17)36-29-35-12-22(30(31,32)33)26(37-29)24-11-25-27(45-24)28(40)39(20-15-44-16-20)8-9-46(25,41)42/h4-5,10-12,17-18,20,34H,2-3,6-9,13-16H2,1H3,(H,35,36,37)/t18-/m0/s1. The number of methoxy groups -OCH3 is 1. The first-order valence-electron chi connectivity index (χ1n) is 15.1. The number of ether oxygens (including phenoxy) is 2. The first-order valence-corrected chi connectivity index (χ1v) is 17.6. The van der Waals surface area contributed by atoms with Gasteiger partial charge in [0.2, 0.25) is 5.95 Å². The van der Waals surface area contributed by atoms with E-state index >= 15 is 0 Å². The van der Waals surface area contributed by atoms with E-state index in [0.29, 0.717) is 35.7 Å². The largest absolute Gasteiger partial charge is 0.420 e. The van der Waals surface area contributed by atoms with Crippen LogP contribution < -0.4 is 15.5 Å². The van der Waals surface area contributed by atoms with E-state index in [1.54, 1.807) is 7.11 Å². The molecule has 2 N–H and O–H groups in total. The van der Waals surface area contributed by atoms with Crippen LogP contribution in [0.3, 0.4) is 0 Å². The predicted molar refractivity (Wildman–Crippen MR) is 166 cm³/mol. The summed E-state index contributed by atoms with van der Waals surface area (Å²) in [5, 5.41) is 6.58. The van der Waals surface area contributed by atoms with Crippen LogP contribution in [0.5, 0.6) is 0 Å². The Balaban J connectivity index is 1.23. The molecule has 2 aromatic heterocycles. The second kappa shape index (κ2) is 12.0. The molecule has 5 heterocycles. The molecule has 3 aliphatic heterocycles. The van der Waals surface area contributed by atoms with Gasteiger partial charge in [-0.25, -0.2) is 18.4 Å². The number of nitrogens with zero attached hydrogens (tertiary/aromatic N) is 4. The van der Waals surface area contributed by atoms with E-state index in [1.807, 2.05) is 12.1 Å². The van der Waals surface area contributed by atoms with Crippen molar-refractivity contribution in [2.45, 2.75) is 41.9 Å². The fraction of sp³-hybridized carbons (Fsp3) is 0.500. The minimum absolute atomic E-state index is 0.00813. The molecule has 46 heavy (non-hydrogen) atoms. The van der Waals surface area contributed by atoms with Crippen molar-refractivity contribution in [1.29, 1.82) is 0 Å². The summed E-state index contributed by atoms with van der Waals surface area (Å²) in [6.07, 6.45) is -2.12. The number of carbonyl (C=O) groups excluding carboxylic acids is 1. The van der Waals surface area contributed by atoms with Crippen LogP contribution >= 0.6 is 11.3 Å². The molecule has 0 bridgehead atoms. The summed E-state index contributed by atoms with van der Waals surface area (Å²) >= 11 is 0.704. The Morgan fingerprint density at radius 3 is 2.70 bits per heavy atom. The number of benzene rings is 1. The number of fused-ring (bicyclic) bond motifs is 1. The van der Waals surface area contributed by atoms with Crippen LogP contribution in [0.2, 0.25) is 0 Å². The molecule has 3 fully saturated rings. The van der Waals surface area contributed by atoms with Gasteiger partial charge < -0.3 is 29.9 Å². The van der Waals surface area contributed by atoms with Crippen molar-refractivity contribution in [3.05, 3.63) is 46.5 Å². The molecule has 1 aromatic carbocycles. The Kier molecular flexibility index (Phi) is 8.20. The van der Waals surface area contributed by atoms with Gasteiger partial charge >= 0.3 is 6.18 Å². The zero-order valence-corrected chi connectivity index (χ0v) is 26.6. The first-order chi connectivity index (χ1) is 22.0. The molecule has 1 atom stereocenters. The molecule has 3 aromatic rings. The Hall–Kier alpha value is -3.31. The van der Waals surface area contributed by atoms with Gasteiger partial charge in [0.25, 0.3) is 5.91 Å². The third-order valence-corrected chi connectivity index (χ3v) is 11.7. The summed E-state index contributed by atoms with van der Waals surface area (Å²) in [7, 11) is -2.26. The van der Waals surface area contributed by atoms with Gasteiger partial charge in [-0.15, -0.1) is 11.3 Å². The number of nitrogens with one attached hydrogen (secondary N) is 2. The quantitative estimate of drug-likeness (QED) is 0.363. The second-order valence-electron chi connectivity index (χ2n) is 12.0. The van der Waals surface area contributed by atoms with E-state index in [1.165, 1.54) is 4.90 Å². The number of anilines is 3. The molecular weight excluding hydrogens is 645 g/mol. The Labute approximate surface area is 268 Å². The molecule has 0 unspecified atom stereocenters. The van der Waals surface area contributed by atoms with Gasteiger partial charge in [0.15, 0.2) is 9.84 Å². The molecule has 7 rings (SSSR count). The minimum atomic E-state index is -4.82. The zero-order chi connectivity index (χ0) is 32.2. The third kappa shape index (κ3) is 6.08. The van der Waals surface area contributed by atoms with Crippen LogP contribution in [0.15, 0.2) is 35.4 Å². The average molecular weight is 679 g/mol. The number of halogens is 3. The normalized spacial score (nSPS) is 21.9. The highest BCUT2D eigenvalue weighted by Gasteiger charge is 2.41. The lowest BCUT2D eigenvalue weighted by molar-refractivity contribution is -0.137. The van der Waals surface area contributed by atoms with Gasteiger partial charge in [-0.2, -0.15) is 13.2 Å². The van der Waals surface area contributed by atoms with Crippen molar-refractivity contribution in [2.24, 2.45) is 0 Å². The van der Waals surface area contributed by atoms with E-state index in [-0.39, 0.29) is 58.2 Å². The van der Waals surface area contributed by atoms with Gasteiger partial charge in [0.05, 0.1) is 47.1 Å². The number of rotatable bonds is 8. The maximum absolute atomic E-state index is 14.2. The number of carbonyl (C=O) groups is 1. The zero-order valence-electron chi connectivity index (χ0n) is 25.0. The van der Waals surface area contributed by atoms with Gasteiger partial charge in [-0.05, 0) is 48.6 Å². The maximum Gasteiger partial charge on any atom is 0.420 e. The van der Waals surface area contributed by atoms with Gasteiger partial charge in [0, 0.05) is 56.9 Å². The molecule has 1 amide bonds. The molecule has 0 spiro atoms. The molecule has 246 valence electrons. The number of hydrogen-bond donors (Lipinski definition) is 2. The molecule has 16 heteroatoms. The van der Waals surface area contributed by atoms with Crippen LogP contribution in [0.4, 0.5) is 30.5 Å². The van der Waals surface area contributed by atoms with Crippen molar-refractivity contribution in [3.63, 3.8) is 0 Å². The summed E-state index contributed by atoms with van der Waals surface area (Å²) in [6.45, 7) is 3.59. The number of amides is 1. The molecule has 11 nitrogen and oxygen atoms in total. The Bertz CT molecular complexity index is 1760. The lowest BCUT2D eigenvalue weighted by Crippen LogP contribution is -2.52. The first kappa shape index (κ1) is 31.3.